The number of hydrogen-bond donors (Lipinski definition) is 2. The number of aliphatic hydroxyl groups excluding tert-OH is 2. The maximum absolute atomic E-state index is 11.5. The van der Waals surface area contributed by atoms with Crippen LogP contribution in [0.3, 0.4) is 0 Å². The van der Waals surface area contributed by atoms with Gasteiger partial charge >= 0.3 is 5.97 Å². The summed E-state index contributed by atoms with van der Waals surface area (Å²) in [7, 11) is 6.62. The summed E-state index contributed by atoms with van der Waals surface area (Å²) in [5.41, 5.74) is -0.0750. The lowest BCUT2D eigenvalue weighted by atomic mass is 9.78. The van der Waals surface area contributed by atoms with E-state index in [1.54, 1.807) is 0 Å². The fraction of sp³-hybridized carbons (Fsp3) is 0.955. The van der Waals surface area contributed by atoms with Crippen molar-refractivity contribution in [3.8, 4) is 0 Å². The molecule has 0 aromatic rings. The van der Waals surface area contributed by atoms with Crippen LogP contribution in [0.25, 0.3) is 0 Å². The van der Waals surface area contributed by atoms with E-state index in [2.05, 4.69) is 48.1 Å². The van der Waals surface area contributed by atoms with Crippen molar-refractivity contribution < 1.29 is 24.1 Å². The number of carbonyl (C=O) groups excluding carboxylic acids is 1. The number of carbonyl (C=O) groups is 1. The zero-order valence-corrected chi connectivity index (χ0v) is 24.0. The smallest absolute Gasteiger partial charge is 0.309 e. The summed E-state index contributed by atoms with van der Waals surface area (Å²) in [6.07, 6.45) is 10.8. The molecule has 0 aromatic heterocycles. The van der Waals surface area contributed by atoms with E-state index in [-0.39, 0.29) is 35.6 Å². The number of aliphatic hydroxyl groups is 2. The van der Waals surface area contributed by atoms with Gasteiger partial charge in [-0.25, -0.2) is 0 Å². The molecule has 31 heavy (non-hydrogen) atoms. The normalized spacial score (nSPS) is 25.2. The summed E-state index contributed by atoms with van der Waals surface area (Å²) in [5, 5.41) is 21.2. The highest BCUT2D eigenvalue weighted by molar-refractivity contribution is 8.41. The highest BCUT2D eigenvalue weighted by Crippen LogP contribution is 2.53. The molecular weight excluding hydrogens is 468 g/mol. The first-order chi connectivity index (χ1) is 14.6. The highest BCUT2D eigenvalue weighted by atomic mass is 32.4. The molecule has 1 aliphatic rings. The predicted molar refractivity (Wildman–Crippen MR) is 141 cm³/mol. The molecule has 0 bridgehead atoms. The third kappa shape index (κ3) is 11.4. The van der Waals surface area contributed by atoms with Gasteiger partial charge < -0.3 is 19.3 Å². The molecule has 1 rings (SSSR count). The quantitative estimate of drug-likeness (QED) is 0.185. The minimum absolute atomic E-state index is 0.0609. The summed E-state index contributed by atoms with van der Waals surface area (Å²) in [4.78, 5) is 11.5. The lowest BCUT2D eigenvalue weighted by molar-refractivity contribution is -0.133. The molecule has 5 nitrogen and oxygen atoms in total. The Bertz CT molecular complexity index is 506. The summed E-state index contributed by atoms with van der Waals surface area (Å²) < 4.78 is 10.8. The first-order valence-corrected chi connectivity index (χ1v) is 16.8. The van der Waals surface area contributed by atoms with E-state index < -0.39 is 7.53 Å². The van der Waals surface area contributed by atoms with E-state index in [9.17, 15) is 15.0 Å². The molecule has 0 amide bonds. The molecule has 0 aromatic carbocycles. The van der Waals surface area contributed by atoms with Crippen molar-refractivity contribution in [2.45, 2.75) is 116 Å². The van der Waals surface area contributed by atoms with Gasteiger partial charge in [-0.15, -0.1) is 0 Å². The van der Waals surface area contributed by atoms with E-state index >= 15 is 0 Å². The van der Waals surface area contributed by atoms with Crippen molar-refractivity contribution in [3.05, 3.63) is 0 Å². The highest BCUT2D eigenvalue weighted by Gasteiger charge is 2.42. The molecule has 0 spiro atoms. The van der Waals surface area contributed by atoms with Gasteiger partial charge in [-0.2, -0.15) is 0 Å². The van der Waals surface area contributed by atoms with Gasteiger partial charge in [-0.3, -0.25) is 4.79 Å². The van der Waals surface area contributed by atoms with Crippen molar-refractivity contribution in [2.75, 3.05) is 0 Å². The first-order valence-electron chi connectivity index (χ1n) is 11.8. The fourth-order valence-corrected chi connectivity index (χ4v) is 5.95. The molecule has 1 fully saturated rings. The van der Waals surface area contributed by atoms with Gasteiger partial charge in [0.15, 0.2) is 0 Å². The molecule has 0 saturated heterocycles. The number of unbranched alkanes of at least 4 members (excludes halogenated alkanes) is 5. The van der Waals surface area contributed by atoms with Crippen molar-refractivity contribution in [1.29, 1.82) is 0 Å². The third-order valence-corrected chi connectivity index (χ3v) is 8.53. The Hall–Kier alpha value is 1.07. The molecule has 8 atom stereocenters. The van der Waals surface area contributed by atoms with Crippen LogP contribution < -0.4 is 0 Å². The lowest BCUT2D eigenvalue weighted by Gasteiger charge is -2.32. The van der Waals surface area contributed by atoms with Gasteiger partial charge in [-0.05, 0) is 49.4 Å². The average Bonchev–Trinajstić information content (AvgIpc) is 3.01. The fourth-order valence-electron chi connectivity index (χ4n) is 4.61. The lowest BCUT2D eigenvalue weighted by Crippen LogP contribution is -2.31. The van der Waals surface area contributed by atoms with E-state index in [4.69, 9.17) is 9.05 Å². The second kappa shape index (κ2) is 15.9. The molecule has 0 aliphatic heterocycles. The van der Waals surface area contributed by atoms with E-state index in [0.29, 0.717) is 18.8 Å². The van der Waals surface area contributed by atoms with Crippen LogP contribution in [-0.2, 0) is 13.8 Å². The molecule has 184 valence electrons. The molecule has 0 radical (unpaired) electrons. The summed E-state index contributed by atoms with van der Waals surface area (Å²) in [5.74, 6) is 0.460. The molecule has 7 unspecified atom stereocenters. The van der Waals surface area contributed by atoms with Crippen LogP contribution >= 0.6 is 34.8 Å². The first kappa shape index (κ1) is 30.1. The van der Waals surface area contributed by atoms with Crippen LogP contribution in [0.15, 0.2) is 0 Å². The van der Waals surface area contributed by atoms with Gasteiger partial charge in [0.05, 0.1) is 18.3 Å². The minimum Gasteiger partial charge on any atom is -0.437 e. The van der Waals surface area contributed by atoms with Crippen molar-refractivity contribution in [1.82, 2.24) is 0 Å². The molecule has 0 heterocycles. The second-order valence-corrected chi connectivity index (χ2v) is 15.7. The van der Waals surface area contributed by atoms with Gasteiger partial charge in [0.1, 0.15) is 7.53 Å². The Balaban J connectivity index is 2.31. The largest absolute Gasteiger partial charge is 0.437 e. The van der Waals surface area contributed by atoms with Crippen molar-refractivity contribution >= 4 is 40.8 Å². The molecule has 9 heteroatoms. The van der Waals surface area contributed by atoms with Crippen LogP contribution in [0.4, 0.5) is 0 Å². The average molecular weight is 515 g/mol. The monoisotopic (exact) mass is 514 g/mol. The van der Waals surface area contributed by atoms with E-state index in [1.165, 1.54) is 0 Å². The van der Waals surface area contributed by atoms with Gasteiger partial charge in [0, 0.05) is 22.3 Å². The molecule has 1 saturated carbocycles. The molecule has 2 N–H and O–H groups in total. The zero-order chi connectivity index (χ0) is 23.4. The zero-order valence-electron chi connectivity index (χ0n) is 19.7. The van der Waals surface area contributed by atoms with Gasteiger partial charge in [-0.1, -0.05) is 70.7 Å². The van der Waals surface area contributed by atoms with Crippen LogP contribution in [0.5, 0.6) is 0 Å². The van der Waals surface area contributed by atoms with Crippen molar-refractivity contribution in [3.63, 3.8) is 0 Å². The maximum atomic E-state index is 11.5. The summed E-state index contributed by atoms with van der Waals surface area (Å²) >= 11 is 0. The molecule has 1 aliphatic carbocycles. The Kier molecular flexibility index (Phi) is 15.4. The predicted octanol–water partition coefficient (Wildman–Crippen LogP) is 6.38. The van der Waals surface area contributed by atoms with Crippen molar-refractivity contribution in [2.24, 2.45) is 17.3 Å². The van der Waals surface area contributed by atoms with E-state index in [1.807, 2.05) is 0 Å². The van der Waals surface area contributed by atoms with Crippen LogP contribution in [0, 0.1) is 17.3 Å². The summed E-state index contributed by atoms with van der Waals surface area (Å²) in [6.45, 7) is 6.36. The topological polar surface area (TPSA) is 76.0 Å². The summed E-state index contributed by atoms with van der Waals surface area (Å²) in [6, 6.07) is 0. The Morgan fingerprint density at radius 3 is 2.29 bits per heavy atom. The second-order valence-electron chi connectivity index (χ2n) is 9.72. The minimum atomic E-state index is -0.764. The Labute approximate surface area is 198 Å². The van der Waals surface area contributed by atoms with Gasteiger partial charge in [0.25, 0.3) is 0 Å². The van der Waals surface area contributed by atoms with Crippen LogP contribution in [0.1, 0.15) is 97.8 Å². The third-order valence-electron chi connectivity index (χ3n) is 7.13. The maximum Gasteiger partial charge on any atom is 0.309 e. The SMILES string of the molecule is CCC(C)(C)C(O)CC[C@H]1C(OP)CC(O)C1CCCCCCCCC(=O)OP(P)P. The number of hydrogen-bond acceptors (Lipinski definition) is 5. The number of rotatable bonds is 16. The van der Waals surface area contributed by atoms with Crippen LogP contribution in [0.2, 0.25) is 0 Å². The molecular formula is C22H46O5P4. The van der Waals surface area contributed by atoms with E-state index in [0.717, 1.165) is 64.2 Å². The Morgan fingerprint density at radius 2 is 1.71 bits per heavy atom. The Morgan fingerprint density at radius 1 is 1.10 bits per heavy atom. The van der Waals surface area contributed by atoms with Crippen LogP contribution in [-0.4, -0.2) is 34.5 Å². The standard InChI is InChI=1S/C22H46O5P4/c1-4-22(2,3)20(24)14-13-17-16(18(23)15-19(17)26-28)11-9-7-5-6-8-10-12-21(25)27-31(29)30/h16-20,23-24H,4-15,28-30H2,1-3H3/t16?,17-,18?,19?,20?/m1/s1. The van der Waals surface area contributed by atoms with Gasteiger partial charge in [0.2, 0.25) is 0 Å².